The van der Waals surface area contributed by atoms with Crippen LogP contribution in [0.1, 0.15) is 25.0 Å². The van der Waals surface area contributed by atoms with Crippen LogP contribution in [0.3, 0.4) is 0 Å². The van der Waals surface area contributed by atoms with Crippen molar-refractivity contribution < 1.29 is 19.1 Å². The molecule has 5 heteroatoms. The highest BCUT2D eigenvalue weighted by Crippen LogP contribution is 2.27. The molecule has 0 aliphatic heterocycles. The number of phenolic OH excluding ortho intramolecular Hbond substituents is 1. The average molecular weight is 262 g/mol. The minimum absolute atomic E-state index is 0.00532. The Morgan fingerprint density at radius 1 is 1.32 bits per heavy atom. The molecule has 1 N–H and O–H groups in total. The van der Waals surface area contributed by atoms with Gasteiger partial charge in [0.2, 0.25) is 0 Å². The largest absolute Gasteiger partial charge is 0.508 e. The smallest absolute Gasteiger partial charge is 0.336 e. The summed E-state index contributed by atoms with van der Waals surface area (Å²) in [5, 5.41) is 10.4. The number of aryl methyl sites for hydroxylation is 1. The molecular weight excluding hydrogens is 248 g/mol. The summed E-state index contributed by atoms with van der Waals surface area (Å²) in [6.07, 6.45) is 0.647. The second kappa shape index (κ2) is 5.14. The first-order chi connectivity index (χ1) is 9.01. The number of carbonyl (C=O) groups is 1. The normalized spacial score (nSPS) is 10.6. The van der Waals surface area contributed by atoms with E-state index >= 15 is 0 Å². The molecule has 0 fully saturated rings. The lowest BCUT2D eigenvalue weighted by Gasteiger charge is -2.08. The van der Waals surface area contributed by atoms with Crippen molar-refractivity contribution in [1.82, 2.24) is 0 Å². The Morgan fingerprint density at radius 2 is 2.05 bits per heavy atom. The minimum atomic E-state index is -0.543. The zero-order valence-electron chi connectivity index (χ0n) is 10.7. The predicted molar refractivity (Wildman–Crippen MR) is 69.0 cm³/mol. The summed E-state index contributed by atoms with van der Waals surface area (Å²) in [5.74, 6) is -0.335. The second-order valence-electron chi connectivity index (χ2n) is 4.20. The highest BCUT2D eigenvalue weighted by molar-refractivity contribution is 5.83. The molecule has 0 unspecified atom stereocenters. The van der Waals surface area contributed by atoms with Crippen LogP contribution in [0.5, 0.6) is 5.75 Å². The maximum Gasteiger partial charge on any atom is 0.336 e. The Balaban J connectivity index is 2.61. The van der Waals surface area contributed by atoms with Crippen molar-refractivity contribution in [2.24, 2.45) is 0 Å². The van der Waals surface area contributed by atoms with Crippen molar-refractivity contribution in [3.05, 3.63) is 39.7 Å². The van der Waals surface area contributed by atoms with E-state index in [0.29, 0.717) is 17.4 Å². The van der Waals surface area contributed by atoms with E-state index in [0.717, 1.165) is 5.56 Å². The molecular formula is C14H14O5. The van der Waals surface area contributed by atoms with Crippen LogP contribution in [0.2, 0.25) is 0 Å². The Bertz CT molecular complexity index is 684. The Morgan fingerprint density at radius 3 is 2.68 bits per heavy atom. The topological polar surface area (TPSA) is 76.7 Å². The molecule has 1 aromatic carbocycles. The molecule has 2 aromatic rings. The van der Waals surface area contributed by atoms with Crippen LogP contribution < -0.4 is 5.63 Å². The fourth-order valence-electron chi connectivity index (χ4n) is 1.89. The van der Waals surface area contributed by atoms with Crippen LogP contribution in [0.4, 0.5) is 0 Å². The summed E-state index contributed by atoms with van der Waals surface area (Å²) >= 11 is 0. The summed E-state index contributed by atoms with van der Waals surface area (Å²) in [6, 6.07) is 4.45. The van der Waals surface area contributed by atoms with Gasteiger partial charge in [-0.05, 0) is 18.1 Å². The minimum Gasteiger partial charge on any atom is -0.508 e. The van der Waals surface area contributed by atoms with Gasteiger partial charge in [0, 0.05) is 30.0 Å². The molecule has 0 amide bonds. The lowest BCUT2D eigenvalue weighted by atomic mass is 10.0. The molecule has 0 aliphatic rings. The lowest BCUT2D eigenvalue weighted by Crippen LogP contribution is -2.05. The first kappa shape index (κ1) is 13.1. The van der Waals surface area contributed by atoms with Gasteiger partial charge in [-0.3, -0.25) is 4.79 Å². The van der Waals surface area contributed by atoms with Gasteiger partial charge < -0.3 is 14.3 Å². The standard InChI is InChI=1S/C14H14O5/c1-3-9-4-11-10(7-18-8(2)15)5-14(17)19-13(11)6-12(9)16/h4-6,16H,3,7H2,1-2H3. The molecule has 0 saturated heterocycles. The van der Waals surface area contributed by atoms with Crippen LogP contribution in [0.25, 0.3) is 11.0 Å². The van der Waals surface area contributed by atoms with E-state index in [-0.39, 0.29) is 17.9 Å². The number of esters is 1. The van der Waals surface area contributed by atoms with Crippen LogP contribution in [-0.2, 0) is 22.6 Å². The van der Waals surface area contributed by atoms with Crippen LogP contribution in [0.15, 0.2) is 27.4 Å². The molecule has 0 saturated carbocycles. The van der Waals surface area contributed by atoms with E-state index in [4.69, 9.17) is 9.15 Å². The van der Waals surface area contributed by atoms with Gasteiger partial charge in [0.05, 0.1) is 0 Å². The number of carbonyl (C=O) groups excluding carboxylic acids is 1. The number of fused-ring (bicyclic) bond motifs is 1. The molecule has 2 rings (SSSR count). The Kier molecular flexibility index (Phi) is 3.55. The van der Waals surface area contributed by atoms with Crippen molar-refractivity contribution in [3.63, 3.8) is 0 Å². The maximum absolute atomic E-state index is 11.4. The van der Waals surface area contributed by atoms with Gasteiger partial charge >= 0.3 is 11.6 Å². The number of benzene rings is 1. The van der Waals surface area contributed by atoms with Crippen molar-refractivity contribution in [2.45, 2.75) is 26.9 Å². The number of hydrogen-bond acceptors (Lipinski definition) is 5. The number of aromatic hydroxyl groups is 1. The zero-order chi connectivity index (χ0) is 14.0. The van der Waals surface area contributed by atoms with Crippen molar-refractivity contribution in [1.29, 1.82) is 0 Å². The summed E-state index contributed by atoms with van der Waals surface area (Å²) in [4.78, 5) is 22.3. The average Bonchev–Trinajstić information content (AvgIpc) is 2.34. The molecule has 0 spiro atoms. The molecule has 19 heavy (non-hydrogen) atoms. The van der Waals surface area contributed by atoms with Gasteiger partial charge in [-0.1, -0.05) is 6.92 Å². The molecule has 5 nitrogen and oxygen atoms in total. The molecule has 0 bridgehead atoms. The van der Waals surface area contributed by atoms with Crippen molar-refractivity contribution >= 4 is 16.9 Å². The second-order valence-corrected chi connectivity index (χ2v) is 4.20. The molecule has 0 aliphatic carbocycles. The predicted octanol–water partition coefficient (Wildman–Crippen LogP) is 2.12. The van der Waals surface area contributed by atoms with Crippen LogP contribution in [0, 0.1) is 0 Å². The number of hydrogen-bond donors (Lipinski definition) is 1. The Hall–Kier alpha value is -2.30. The van der Waals surface area contributed by atoms with Gasteiger partial charge in [-0.2, -0.15) is 0 Å². The van der Waals surface area contributed by atoms with Crippen LogP contribution in [-0.4, -0.2) is 11.1 Å². The first-order valence-electron chi connectivity index (χ1n) is 5.93. The van der Waals surface area contributed by atoms with Gasteiger partial charge in [0.15, 0.2) is 0 Å². The van der Waals surface area contributed by atoms with E-state index in [2.05, 4.69) is 0 Å². The van der Waals surface area contributed by atoms with Gasteiger partial charge in [0.1, 0.15) is 17.9 Å². The van der Waals surface area contributed by atoms with Gasteiger partial charge in [0.25, 0.3) is 0 Å². The lowest BCUT2D eigenvalue weighted by molar-refractivity contribution is -0.142. The SMILES string of the molecule is CCc1cc2c(COC(C)=O)cc(=O)oc2cc1O. The van der Waals surface area contributed by atoms with E-state index in [1.54, 1.807) is 6.07 Å². The zero-order valence-corrected chi connectivity index (χ0v) is 10.7. The fraction of sp³-hybridized carbons (Fsp3) is 0.286. The highest BCUT2D eigenvalue weighted by atomic mass is 16.5. The van der Waals surface area contributed by atoms with Crippen molar-refractivity contribution in [2.75, 3.05) is 0 Å². The number of phenols is 1. The third-order valence-electron chi connectivity index (χ3n) is 2.84. The van der Waals surface area contributed by atoms with Crippen molar-refractivity contribution in [3.8, 4) is 5.75 Å². The number of ether oxygens (including phenoxy) is 1. The number of rotatable bonds is 3. The fourth-order valence-corrected chi connectivity index (χ4v) is 1.89. The Labute approximate surface area is 109 Å². The quantitative estimate of drug-likeness (QED) is 0.677. The van der Waals surface area contributed by atoms with E-state index in [1.165, 1.54) is 19.1 Å². The summed E-state index contributed by atoms with van der Waals surface area (Å²) in [5.41, 5.74) is 1.05. The maximum atomic E-state index is 11.4. The van der Waals surface area contributed by atoms with Gasteiger partial charge in [-0.25, -0.2) is 4.79 Å². The molecule has 0 radical (unpaired) electrons. The summed E-state index contributed by atoms with van der Waals surface area (Å²) in [6.45, 7) is 3.22. The molecule has 0 atom stereocenters. The molecule has 1 heterocycles. The summed E-state index contributed by atoms with van der Waals surface area (Å²) < 4.78 is 9.95. The van der Waals surface area contributed by atoms with Gasteiger partial charge in [-0.15, -0.1) is 0 Å². The van der Waals surface area contributed by atoms with E-state index < -0.39 is 11.6 Å². The molecule has 100 valence electrons. The first-order valence-corrected chi connectivity index (χ1v) is 5.93. The van der Waals surface area contributed by atoms with E-state index in [1.807, 2.05) is 6.92 Å². The monoisotopic (exact) mass is 262 g/mol. The third-order valence-corrected chi connectivity index (χ3v) is 2.84. The summed E-state index contributed by atoms with van der Waals surface area (Å²) in [7, 11) is 0. The third kappa shape index (κ3) is 2.76. The van der Waals surface area contributed by atoms with E-state index in [9.17, 15) is 14.7 Å². The van der Waals surface area contributed by atoms with Crippen LogP contribution >= 0.6 is 0 Å². The highest BCUT2D eigenvalue weighted by Gasteiger charge is 2.10. The molecule has 1 aromatic heterocycles.